The van der Waals surface area contributed by atoms with Gasteiger partial charge in [-0.3, -0.25) is 0 Å². The van der Waals surface area contributed by atoms with Crippen LogP contribution in [0.15, 0.2) is 273 Å². The van der Waals surface area contributed by atoms with Crippen molar-refractivity contribution < 1.29 is 0 Å². The molecule has 72 heavy (non-hydrogen) atoms. The summed E-state index contributed by atoms with van der Waals surface area (Å²) in [7, 11) is 0. The van der Waals surface area contributed by atoms with Crippen molar-refractivity contribution in [1.29, 1.82) is 0 Å². The highest BCUT2D eigenvalue weighted by molar-refractivity contribution is 6.18. The first kappa shape index (κ1) is 42.8. The van der Waals surface area contributed by atoms with Crippen LogP contribution in [0.3, 0.4) is 0 Å². The molecule has 0 unspecified atom stereocenters. The molecular formula is C70H50N2. The predicted octanol–water partition coefficient (Wildman–Crippen LogP) is 19.2. The molecule has 1 heterocycles. The van der Waals surface area contributed by atoms with Gasteiger partial charge in [-0.15, -0.1) is 0 Å². The van der Waals surface area contributed by atoms with Gasteiger partial charge in [0.2, 0.25) is 0 Å². The van der Waals surface area contributed by atoms with E-state index in [0.717, 1.165) is 46.6 Å². The van der Waals surface area contributed by atoms with Crippen LogP contribution in [0.25, 0.3) is 100 Å². The van der Waals surface area contributed by atoms with E-state index in [2.05, 4.69) is 289 Å². The fourth-order valence-electron chi connectivity index (χ4n) is 11.0. The number of nitrogens with zero attached hydrogens (tertiary/aromatic N) is 2. The molecule has 0 bridgehead atoms. The number of hydrogen-bond acceptors (Lipinski definition) is 1. The molecule has 2 heteroatoms. The lowest BCUT2D eigenvalue weighted by Gasteiger charge is -2.28. The molecule has 0 amide bonds. The zero-order valence-electron chi connectivity index (χ0n) is 39.9. The minimum absolute atomic E-state index is 1.00. The van der Waals surface area contributed by atoms with Gasteiger partial charge in [-0.1, -0.05) is 194 Å². The average molecular weight is 919 g/mol. The van der Waals surface area contributed by atoms with Crippen molar-refractivity contribution in [1.82, 2.24) is 4.57 Å². The molecule has 0 spiro atoms. The maximum atomic E-state index is 2.50. The molecule has 13 rings (SSSR count). The lowest BCUT2D eigenvalue weighted by Crippen LogP contribution is -2.10. The predicted molar refractivity (Wildman–Crippen MR) is 305 cm³/mol. The second kappa shape index (κ2) is 18.6. The third kappa shape index (κ3) is 7.99. The van der Waals surface area contributed by atoms with Crippen LogP contribution in [-0.2, 0) is 6.42 Å². The zero-order valence-corrected chi connectivity index (χ0v) is 39.9. The second-order valence-electron chi connectivity index (χ2n) is 18.8. The number of aromatic nitrogens is 1. The maximum absolute atomic E-state index is 2.50. The highest BCUT2D eigenvalue weighted by Crippen LogP contribution is 2.46. The van der Waals surface area contributed by atoms with Gasteiger partial charge in [0.15, 0.2) is 0 Å². The molecular weight excluding hydrogens is 869 g/mol. The van der Waals surface area contributed by atoms with Crippen LogP contribution < -0.4 is 4.90 Å². The Labute approximate surface area is 421 Å². The standard InChI is InChI=1S/C70H50N2/c1-6-21-49(22-7-1)56-41-57(50-23-8-2-9-24-50)43-58(42-56)53-37-39-62(40-38-53)71(64-46-59(51-25-10-3-11-26-51)44-60(47-64)52-27-12-4-13-28-52)63-33-20-30-54(45-63)67-48-55-29-16-17-34-65(55)70-69(67)66-35-18-19-36-68(66)72(70)61-31-14-5-15-32-61/h1-16,18-33,35-48H,17,34H2. The first-order valence-electron chi connectivity index (χ1n) is 25.0. The van der Waals surface area contributed by atoms with E-state index in [1.165, 1.54) is 88.7 Å². The molecule has 0 N–H and O–H groups in total. The lowest BCUT2D eigenvalue weighted by atomic mass is 9.89. The smallest absolute Gasteiger partial charge is 0.0585 e. The Kier molecular flexibility index (Phi) is 11.1. The number of benzene rings is 11. The van der Waals surface area contributed by atoms with Crippen molar-refractivity contribution in [3.8, 4) is 72.4 Å². The van der Waals surface area contributed by atoms with Crippen LogP contribution in [-0.4, -0.2) is 4.57 Å². The first-order valence-corrected chi connectivity index (χ1v) is 25.0. The summed E-state index contributed by atoms with van der Waals surface area (Å²) in [5, 5.41) is 2.55. The maximum Gasteiger partial charge on any atom is 0.0585 e. The summed E-state index contributed by atoms with van der Waals surface area (Å²) >= 11 is 0. The third-order valence-electron chi connectivity index (χ3n) is 14.4. The Balaban J connectivity index is 1.02. The molecule has 12 aromatic rings. The first-order chi connectivity index (χ1) is 35.7. The highest BCUT2D eigenvalue weighted by atomic mass is 15.1. The Morgan fingerprint density at radius 2 is 0.792 bits per heavy atom. The number of rotatable bonds is 10. The van der Waals surface area contributed by atoms with Crippen molar-refractivity contribution in [2.45, 2.75) is 12.8 Å². The van der Waals surface area contributed by atoms with Gasteiger partial charge in [0.25, 0.3) is 0 Å². The topological polar surface area (TPSA) is 8.17 Å². The summed E-state index contributed by atoms with van der Waals surface area (Å²) in [6.45, 7) is 0. The van der Waals surface area contributed by atoms with Crippen LogP contribution in [0.2, 0.25) is 0 Å². The van der Waals surface area contributed by atoms with Crippen LogP contribution in [0.5, 0.6) is 0 Å². The molecule has 0 fully saturated rings. The van der Waals surface area contributed by atoms with Crippen molar-refractivity contribution in [2.24, 2.45) is 0 Å². The van der Waals surface area contributed by atoms with E-state index in [1.807, 2.05) is 0 Å². The average Bonchev–Trinajstić information content (AvgIpc) is 3.82. The second-order valence-corrected chi connectivity index (χ2v) is 18.8. The Hall–Kier alpha value is -9.24. The molecule has 0 aliphatic heterocycles. The van der Waals surface area contributed by atoms with E-state index in [4.69, 9.17) is 0 Å². The summed E-state index contributed by atoms with van der Waals surface area (Å²) in [5.41, 5.74) is 23.8. The minimum atomic E-state index is 1.00. The van der Waals surface area contributed by atoms with Crippen LogP contribution in [0.4, 0.5) is 17.1 Å². The van der Waals surface area contributed by atoms with Gasteiger partial charge in [-0.2, -0.15) is 0 Å². The fraction of sp³-hybridized carbons (Fsp3) is 0.0286. The van der Waals surface area contributed by atoms with Crippen molar-refractivity contribution in [2.75, 3.05) is 4.90 Å². The fourth-order valence-corrected chi connectivity index (χ4v) is 11.0. The number of para-hydroxylation sites is 2. The third-order valence-corrected chi connectivity index (χ3v) is 14.4. The van der Waals surface area contributed by atoms with E-state index < -0.39 is 0 Å². The molecule has 0 saturated carbocycles. The van der Waals surface area contributed by atoms with Crippen LogP contribution >= 0.6 is 0 Å². The summed E-state index contributed by atoms with van der Waals surface area (Å²) in [4.78, 5) is 2.45. The normalized spacial score (nSPS) is 12.0. The molecule has 11 aromatic carbocycles. The number of hydrogen-bond donors (Lipinski definition) is 0. The lowest BCUT2D eigenvalue weighted by molar-refractivity contribution is 0.985. The molecule has 1 aliphatic rings. The number of anilines is 3. The van der Waals surface area contributed by atoms with Crippen molar-refractivity contribution in [3.63, 3.8) is 0 Å². The summed E-state index contributed by atoms with van der Waals surface area (Å²) < 4.78 is 2.50. The Morgan fingerprint density at radius 1 is 0.333 bits per heavy atom. The molecule has 340 valence electrons. The van der Waals surface area contributed by atoms with Crippen LogP contribution in [0, 0.1) is 0 Å². The van der Waals surface area contributed by atoms with Crippen molar-refractivity contribution >= 4 is 44.9 Å². The molecule has 1 aromatic heterocycles. The Bertz CT molecular complexity index is 3810. The van der Waals surface area contributed by atoms with Gasteiger partial charge in [0.05, 0.1) is 11.0 Å². The van der Waals surface area contributed by atoms with E-state index >= 15 is 0 Å². The molecule has 0 saturated heterocycles. The molecule has 0 radical (unpaired) electrons. The summed E-state index contributed by atoms with van der Waals surface area (Å²) in [6, 6.07) is 97.7. The molecule has 0 atom stereocenters. The van der Waals surface area contributed by atoms with E-state index in [1.54, 1.807) is 0 Å². The number of allylic oxidation sites excluding steroid dienone is 1. The van der Waals surface area contributed by atoms with E-state index in [9.17, 15) is 0 Å². The highest BCUT2D eigenvalue weighted by Gasteiger charge is 2.24. The number of fused-ring (bicyclic) bond motifs is 5. The van der Waals surface area contributed by atoms with Gasteiger partial charge in [0, 0.05) is 33.5 Å². The van der Waals surface area contributed by atoms with E-state index in [0.29, 0.717) is 0 Å². The molecule has 2 nitrogen and oxygen atoms in total. The van der Waals surface area contributed by atoms with E-state index in [-0.39, 0.29) is 0 Å². The Morgan fingerprint density at radius 3 is 1.35 bits per heavy atom. The zero-order chi connectivity index (χ0) is 47.8. The van der Waals surface area contributed by atoms with Gasteiger partial charge >= 0.3 is 0 Å². The minimum Gasteiger partial charge on any atom is -0.310 e. The monoisotopic (exact) mass is 918 g/mol. The molecule has 1 aliphatic carbocycles. The van der Waals surface area contributed by atoms with Gasteiger partial charge in [-0.05, 0) is 176 Å². The van der Waals surface area contributed by atoms with Gasteiger partial charge in [-0.25, -0.2) is 0 Å². The van der Waals surface area contributed by atoms with Gasteiger partial charge in [0.1, 0.15) is 0 Å². The largest absolute Gasteiger partial charge is 0.310 e. The van der Waals surface area contributed by atoms with Gasteiger partial charge < -0.3 is 9.47 Å². The van der Waals surface area contributed by atoms with Crippen molar-refractivity contribution in [3.05, 3.63) is 284 Å². The number of aryl methyl sites for hydroxylation is 1. The van der Waals surface area contributed by atoms with Crippen LogP contribution in [0.1, 0.15) is 17.5 Å². The SMILES string of the molecule is C1=Cc2cc(-c3cccc(N(c4ccc(-c5cc(-c6ccccc6)cc(-c6ccccc6)c5)cc4)c4cc(-c5ccccc5)cc(-c5ccccc5)c4)c3)c3c4ccccc4n(-c4ccccc4)c3c2CC1. The summed E-state index contributed by atoms with van der Waals surface area (Å²) in [5.74, 6) is 0. The quantitative estimate of drug-likeness (QED) is 0.133. The summed E-state index contributed by atoms with van der Waals surface area (Å²) in [6.07, 6.45) is 6.70.